The van der Waals surface area contributed by atoms with Gasteiger partial charge in [0.1, 0.15) is 6.10 Å². The smallest absolute Gasteiger partial charge is 0.310 e. The van der Waals surface area contributed by atoms with Gasteiger partial charge in [-0.15, -0.1) is 0 Å². The van der Waals surface area contributed by atoms with Gasteiger partial charge in [0, 0.05) is 0 Å². The summed E-state index contributed by atoms with van der Waals surface area (Å²) < 4.78 is 17.0. The summed E-state index contributed by atoms with van der Waals surface area (Å²) in [5.74, 6) is 1.61. The van der Waals surface area contributed by atoms with Crippen LogP contribution in [-0.2, 0) is 9.53 Å². The molecule has 1 saturated carbocycles. The molecule has 1 aromatic rings. The van der Waals surface area contributed by atoms with E-state index in [-0.39, 0.29) is 36.1 Å². The predicted octanol–water partition coefficient (Wildman–Crippen LogP) is 5.82. The van der Waals surface area contributed by atoms with Crippen LogP contribution in [0, 0.1) is 17.3 Å². The lowest BCUT2D eigenvalue weighted by Gasteiger charge is -2.19. The fourth-order valence-corrected chi connectivity index (χ4v) is 4.00. The van der Waals surface area contributed by atoms with Crippen molar-refractivity contribution in [2.24, 2.45) is 17.3 Å². The van der Waals surface area contributed by atoms with E-state index < -0.39 is 0 Å². The average Bonchev–Trinajstić information content (AvgIpc) is 2.96. The van der Waals surface area contributed by atoms with Crippen LogP contribution in [0.3, 0.4) is 0 Å². The third-order valence-corrected chi connectivity index (χ3v) is 5.77. The summed E-state index contributed by atoms with van der Waals surface area (Å²) in [6.07, 6.45) is 6.11. The standard InChI is InChI=1S/C23H32O4/c1-6-7-8-9-18(16-10-11-19-20(13-16)26-14-25-19)27-22(24)21-17(12-15(2)3)23(21,4)5/h10-13,17-18,21H,6-9,14H2,1-5H3. The molecular formula is C23H32O4. The topological polar surface area (TPSA) is 44.8 Å². The first-order valence-corrected chi connectivity index (χ1v) is 10.1. The second-order valence-electron chi connectivity index (χ2n) is 8.60. The van der Waals surface area contributed by atoms with Gasteiger partial charge in [0.05, 0.1) is 5.92 Å². The number of hydrogen-bond donors (Lipinski definition) is 0. The maximum Gasteiger partial charge on any atom is 0.310 e. The average molecular weight is 373 g/mol. The van der Waals surface area contributed by atoms with Crippen LogP contribution in [0.1, 0.15) is 72.0 Å². The molecule has 0 amide bonds. The third kappa shape index (κ3) is 4.31. The minimum Gasteiger partial charge on any atom is -0.457 e. The van der Waals surface area contributed by atoms with Crippen LogP contribution < -0.4 is 9.47 Å². The highest BCUT2D eigenvalue weighted by atomic mass is 16.7. The van der Waals surface area contributed by atoms with E-state index >= 15 is 0 Å². The van der Waals surface area contributed by atoms with Gasteiger partial charge in [-0.25, -0.2) is 0 Å². The van der Waals surface area contributed by atoms with Crippen molar-refractivity contribution in [2.75, 3.05) is 6.79 Å². The van der Waals surface area contributed by atoms with Crippen LogP contribution in [0.25, 0.3) is 0 Å². The number of benzene rings is 1. The van der Waals surface area contributed by atoms with Crippen molar-refractivity contribution in [2.45, 2.75) is 66.4 Å². The molecule has 1 aliphatic heterocycles. The molecule has 3 atom stereocenters. The summed E-state index contributed by atoms with van der Waals surface area (Å²) in [5.41, 5.74) is 2.21. The highest BCUT2D eigenvalue weighted by Crippen LogP contribution is 2.60. The lowest BCUT2D eigenvalue weighted by Crippen LogP contribution is -2.15. The highest BCUT2D eigenvalue weighted by Gasteiger charge is 2.61. The molecule has 1 aliphatic carbocycles. The maximum absolute atomic E-state index is 13.0. The number of hydrogen-bond acceptors (Lipinski definition) is 4. The first-order chi connectivity index (χ1) is 12.8. The number of rotatable bonds is 8. The van der Waals surface area contributed by atoms with E-state index in [0.29, 0.717) is 0 Å². The minimum absolute atomic E-state index is 0.0305. The Hall–Kier alpha value is -1.97. The van der Waals surface area contributed by atoms with E-state index in [1.54, 1.807) is 0 Å². The number of unbranched alkanes of at least 4 members (excludes halogenated alkanes) is 2. The monoisotopic (exact) mass is 372 g/mol. The normalized spacial score (nSPS) is 22.9. The van der Waals surface area contributed by atoms with Crippen molar-refractivity contribution in [1.82, 2.24) is 0 Å². The lowest BCUT2D eigenvalue weighted by atomic mass is 10.0. The van der Waals surface area contributed by atoms with Gasteiger partial charge in [-0.3, -0.25) is 4.79 Å². The van der Waals surface area contributed by atoms with E-state index in [4.69, 9.17) is 14.2 Å². The number of ether oxygens (including phenoxy) is 3. The van der Waals surface area contributed by atoms with Crippen LogP contribution in [0.15, 0.2) is 29.8 Å². The number of allylic oxidation sites excluding steroid dienone is 2. The van der Waals surface area contributed by atoms with Crippen LogP contribution in [0.5, 0.6) is 11.5 Å². The Bertz CT molecular complexity index is 715. The molecule has 0 spiro atoms. The molecule has 0 saturated heterocycles. The summed E-state index contributed by atoms with van der Waals surface area (Å²) >= 11 is 0. The van der Waals surface area contributed by atoms with E-state index in [2.05, 4.69) is 40.7 Å². The Kier molecular flexibility index (Phi) is 5.83. The van der Waals surface area contributed by atoms with E-state index in [9.17, 15) is 4.79 Å². The fraction of sp³-hybridized carbons (Fsp3) is 0.609. The summed E-state index contributed by atoms with van der Waals surface area (Å²) in [6, 6.07) is 5.85. The quantitative estimate of drug-likeness (QED) is 0.328. The zero-order valence-electron chi connectivity index (χ0n) is 17.2. The van der Waals surface area contributed by atoms with E-state index in [0.717, 1.165) is 42.7 Å². The number of esters is 1. The molecule has 0 radical (unpaired) electrons. The Balaban J connectivity index is 1.74. The molecule has 0 bridgehead atoms. The molecule has 1 aromatic carbocycles. The van der Waals surface area contributed by atoms with Crippen molar-refractivity contribution >= 4 is 5.97 Å². The minimum atomic E-state index is -0.234. The van der Waals surface area contributed by atoms with Gasteiger partial charge >= 0.3 is 5.97 Å². The molecule has 3 unspecified atom stereocenters. The third-order valence-electron chi connectivity index (χ3n) is 5.77. The van der Waals surface area contributed by atoms with Gasteiger partial charge in [0.15, 0.2) is 11.5 Å². The zero-order valence-corrected chi connectivity index (χ0v) is 17.2. The van der Waals surface area contributed by atoms with Crippen LogP contribution in [0.4, 0.5) is 0 Å². The van der Waals surface area contributed by atoms with Crippen molar-refractivity contribution in [3.8, 4) is 11.5 Å². The second-order valence-corrected chi connectivity index (χ2v) is 8.60. The predicted molar refractivity (Wildman–Crippen MR) is 106 cm³/mol. The van der Waals surface area contributed by atoms with Gasteiger partial charge in [0.25, 0.3) is 0 Å². The molecule has 4 heteroatoms. The first-order valence-electron chi connectivity index (χ1n) is 10.1. The summed E-state index contributed by atoms with van der Waals surface area (Å²) in [5, 5.41) is 0. The Morgan fingerprint density at radius 2 is 2.00 bits per heavy atom. The maximum atomic E-state index is 13.0. The van der Waals surface area contributed by atoms with Crippen molar-refractivity contribution < 1.29 is 19.0 Å². The summed E-state index contributed by atoms with van der Waals surface area (Å²) in [4.78, 5) is 13.0. The molecule has 148 valence electrons. The molecule has 3 rings (SSSR count). The molecule has 1 heterocycles. The van der Waals surface area contributed by atoms with E-state index in [1.165, 1.54) is 5.57 Å². The second kappa shape index (κ2) is 7.95. The van der Waals surface area contributed by atoms with Crippen LogP contribution >= 0.6 is 0 Å². The van der Waals surface area contributed by atoms with Gasteiger partial charge in [-0.05, 0) is 55.7 Å². The molecule has 4 nitrogen and oxygen atoms in total. The van der Waals surface area contributed by atoms with E-state index in [1.807, 2.05) is 18.2 Å². The van der Waals surface area contributed by atoms with Crippen LogP contribution in [-0.4, -0.2) is 12.8 Å². The van der Waals surface area contributed by atoms with Crippen molar-refractivity contribution in [3.63, 3.8) is 0 Å². The van der Waals surface area contributed by atoms with Gasteiger partial charge in [0.2, 0.25) is 6.79 Å². The fourth-order valence-electron chi connectivity index (χ4n) is 4.00. The number of fused-ring (bicyclic) bond motifs is 1. The molecule has 2 aliphatic rings. The van der Waals surface area contributed by atoms with Gasteiger partial charge in [-0.1, -0.05) is 51.3 Å². The number of carbonyl (C=O) groups excluding carboxylic acids is 1. The molecular weight excluding hydrogens is 340 g/mol. The van der Waals surface area contributed by atoms with Gasteiger partial charge in [-0.2, -0.15) is 0 Å². The molecule has 0 N–H and O–H groups in total. The summed E-state index contributed by atoms with van der Waals surface area (Å²) in [6.45, 7) is 10.9. The Labute approximate surface area is 162 Å². The number of carbonyl (C=O) groups is 1. The first kappa shape index (κ1) is 19.8. The lowest BCUT2D eigenvalue weighted by molar-refractivity contribution is -0.152. The van der Waals surface area contributed by atoms with Gasteiger partial charge < -0.3 is 14.2 Å². The SMILES string of the molecule is CCCCCC(OC(=O)C1C(C=C(C)C)C1(C)C)c1ccc2c(c1)OCO2. The molecule has 1 fully saturated rings. The Morgan fingerprint density at radius 1 is 1.26 bits per heavy atom. The van der Waals surface area contributed by atoms with Crippen molar-refractivity contribution in [3.05, 3.63) is 35.4 Å². The largest absolute Gasteiger partial charge is 0.457 e. The highest BCUT2D eigenvalue weighted by molar-refractivity contribution is 5.78. The molecule has 27 heavy (non-hydrogen) atoms. The zero-order chi connectivity index (χ0) is 19.6. The van der Waals surface area contributed by atoms with Crippen molar-refractivity contribution in [1.29, 1.82) is 0 Å². The van der Waals surface area contributed by atoms with Crippen LogP contribution in [0.2, 0.25) is 0 Å². The molecule has 0 aromatic heterocycles. The summed E-state index contributed by atoms with van der Waals surface area (Å²) in [7, 11) is 0. The Morgan fingerprint density at radius 3 is 2.70 bits per heavy atom.